The summed E-state index contributed by atoms with van der Waals surface area (Å²) in [6.07, 6.45) is 8.34. The van der Waals surface area contributed by atoms with Crippen LogP contribution >= 0.6 is 0 Å². The molecule has 2 heteroatoms. The number of nitrogens with zero attached hydrogens (tertiary/aromatic N) is 1. The smallest absolute Gasteiger partial charge is 0.0563 e. The van der Waals surface area contributed by atoms with E-state index in [4.69, 9.17) is 4.74 Å². The third kappa shape index (κ3) is 7.00. The van der Waals surface area contributed by atoms with Crippen LogP contribution in [0, 0.1) is 0 Å². The molecule has 0 amide bonds. The van der Waals surface area contributed by atoms with Crippen molar-refractivity contribution in [2.75, 3.05) is 32.8 Å². The molecule has 0 aliphatic carbocycles. The molecule has 214 valence electrons. The van der Waals surface area contributed by atoms with E-state index >= 15 is 0 Å². The van der Waals surface area contributed by atoms with Gasteiger partial charge in [-0.25, -0.2) is 0 Å². The van der Waals surface area contributed by atoms with Gasteiger partial charge >= 0.3 is 0 Å². The first-order valence-electron chi connectivity index (χ1n) is 15.8. The zero-order valence-corrected chi connectivity index (χ0v) is 24.9. The quantitative estimate of drug-likeness (QED) is 0.116. The van der Waals surface area contributed by atoms with Gasteiger partial charge in [0.1, 0.15) is 0 Å². The molecule has 4 aromatic rings. The SMILES string of the molecule is CCCCCCOCC1(c2ccccc2)CCN(CCC(c2ccccc2)(c2ccccc2)c2ccccc2)CC1. The van der Waals surface area contributed by atoms with Gasteiger partial charge in [-0.15, -0.1) is 0 Å². The van der Waals surface area contributed by atoms with Crippen LogP contribution in [0.3, 0.4) is 0 Å². The van der Waals surface area contributed by atoms with E-state index in [0.717, 1.165) is 52.1 Å². The Hall–Kier alpha value is -3.20. The van der Waals surface area contributed by atoms with Gasteiger partial charge in [0.25, 0.3) is 0 Å². The average Bonchev–Trinajstić information content (AvgIpc) is 3.06. The molecule has 0 atom stereocenters. The summed E-state index contributed by atoms with van der Waals surface area (Å²) >= 11 is 0. The normalized spacial score (nSPS) is 15.5. The molecule has 0 spiro atoms. The van der Waals surface area contributed by atoms with Gasteiger partial charge in [-0.1, -0.05) is 148 Å². The lowest BCUT2D eigenvalue weighted by atomic mass is 9.67. The highest BCUT2D eigenvalue weighted by Crippen LogP contribution is 2.43. The summed E-state index contributed by atoms with van der Waals surface area (Å²) in [6.45, 7) is 7.24. The molecule has 0 bridgehead atoms. The highest BCUT2D eigenvalue weighted by Gasteiger charge is 2.39. The van der Waals surface area contributed by atoms with E-state index in [9.17, 15) is 0 Å². The zero-order valence-electron chi connectivity index (χ0n) is 24.9. The molecule has 41 heavy (non-hydrogen) atoms. The number of ether oxygens (including phenoxy) is 1. The molecular formula is C39H47NO. The van der Waals surface area contributed by atoms with Crippen molar-refractivity contribution in [1.82, 2.24) is 4.90 Å². The molecule has 5 rings (SSSR count). The number of likely N-dealkylation sites (tertiary alicyclic amines) is 1. The molecule has 0 saturated carbocycles. The van der Waals surface area contributed by atoms with Crippen molar-refractivity contribution in [2.24, 2.45) is 0 Å². The second kappa shape index (κ2) is 14.6. The van der Waals surface area contributed by atoms with Crippen molar-refractivity contribution in [2.45, 2.75) is 62.7 Å². The number of hydrogen-bond acceptors (Lipinski definition) is 2. The molecule has 1 saturated heterocycles. The number of hydrogen-bond donors (Lipinski definition) is 0. The summed E-state index contributed by atoms with van der Waals surface area (Å²) in [6, 6.07) is 44.6. The van der Waals surface area contributed by atoms with Gasteiger partial charge < -0.3 is 9.64 Å². The van der Waals surface area contributed by atoms with Crippen LogP contribution < -0.4 is 0 Å². The van der Waals surface area contributed by atoms with Crippen LogP contribution in [-0.2, 0) is 15.6 Å². The Balaban J connectivity index is 1.34. The van der Waals surface area contributed by atoms with Crippen LogP contribution in [0.4, 0.5) is 0 Å². The molecule has 0 unspecified atom stereocenters. The minimum Gasteiger partial charge on any atom is -0.381 e. The van der Waals surface area contributed by atoms with Crippen molar-refractivity contribution in [3.63, 3.8) is 0 Å². The lowest BCUT2D eigenvalue weighted by Crippen LogP contribution is -2.46. The van der Waals surface area contributed by atoms with Crippen molar-refractivity contribution in [1.29, 1.82) is 0 Å². The summed E-state index contributed by atoms with van der Waals surface area (Å²) in [5.41, 5.74) is 5.45. The summed E-state index contributed by atoms with van der Waals surface area (Å²) in [5.74, 6) is 0. The monoisotopic (exact) mass is 545 g/mol. The van der Waals surface area contributed by atoms with Crippen LogP contribution in [0.5, 0.6) is 0 Å². The largest absolute Gasteiger partial charge is 0.381 e. The van der Waals surface area contributed by atoms with Gasteiger partial charge in [-0.05, 0) is 67.6 Å². The van der Waals surface area contributed by atoms with Gasteiger partial charge in [0.15, 0.2) is 0 Å². The first-order chi connectivity index (χ1) is 20.3. The highest BCUT2D eigenvalue weighted by molar-refractivity contribution is 5.50. The number of benzene rings is 4. The van der Waals surface area contributed by atoms with Crippen LogP contribution in [-0.4, -0.2) is 37.7 Å². The lowest BCUT2D eigenvalue weighted by molar-refractivity contribution is 0.0420. The predicted molar refractivity (Wildman–Crippen MR) is 173 cm³/mol. The molecule has 1 heterocycles. The van der Waals surface area contributed by atoms with E-state index in [1.54, 1.807) is 0 Å². The molecule has 0 aromatic heterocycles. The lowest BCUT2D eigenvalue weighted by Gasteiger charge is -2.44. The van der Waals surface area contributed by atoms with E-state index in [1.807, 2.05) is 0 Å². The summed E-state index contributed by atoms with van der Waals surface area (Å²) < 4.78 is 6.38. The summed E-state index contributed by atoms with van der Waals surface area (Å²) in [4.78, 5) is 2.70. The summed E-state index contributed by atoms with van der Waals surface area (Å²) in [7, 11) is 0. The second-order valence-corrected chi connectivity index (χ2v) is 11.9. The van der Waals surface area contributed by atoms with Gasteiger partial charge in [-0.3, -0.25) is 0 Å². The molecule has 0 radical (unpaired) electrons. The Kier molecular flexibility index (Phi) is 10.4. The average molecular weight is 546 g/mol. The number of rotatable bonds is 14. The van der Waals surface area contributed by atoms with Crippen LogP contribution in [0.1, 0.15) is 74.1 Å². The molecule has 1 aliphatic heterocycles. The summed E-state index contributed by atoms with van der Waals surface area (Å²) in [5, 5.41) is 0. The Morgan fingerprint density at radius 1 is 0.634 bits per heavy atom. The highest BCUT2D eigenvalue weighted by atomic mass is 16.5. The maximum Gasteiger partial charge on any atom is 0.0563 e. The fourth-order valence-corrected chi connectivity index (χ4v) is 6.84. The third-order valence-electron chi connectivity index (χ3n) is 9.32. The third-order valence-corrected chi connectivity index (χ3v) is 9.32. The Bertz CT molecular complexity index is 1170. The molecule has 0 N–H and O–H groups in total. The van der Waals surface area contributed by atoms with E-state index in [-0.39, 0.29) is 10.8 Å². The van der Waals surface area contributed by atoms with Crippen molar-refractivity contribution in [3.8, 4) is 0 Å². The number of piperidine rings is 1. The zero-order chi connectivity index (χ0) is 28.2. The van der Waals surface area contributed by atoms with Crippen LogP contribution in [0.25, 0.3) is 0 Å². The maximum absolute atomic E-state index is 6.38. The van der Waals surface area contributed by atoms with Crippen molar-refractivity contribution in [3.05, 3.63) is 144 Å². The van der Waals surface area contributed by atoms with E-state index in [2.05, 4.69) is 133 Å². The molecule has 2 nitrogen and oxygen atoms in total. The Morgan fingerprint density at radius 3 is 1.61 bits per heavy atom. The number of unbranched alkanes of at least 4 members (excludes halogenated alkanes) is 3. The van der Waals surface area contributed by atoms with E-state index in [1.165, 1.54) is 47.9 Å². The van der Waals surface area contributed by atoms with Crippen molar-refractivity contribution >= 4 is 0 Å². The van der Waals surface area contributed by atoms with Crippen LogP contribution in [0.15, 0.2) is 121 Å². The molecule has 1 fully saturated rings. The van der Waals surface area contributed by atoms with Gasteiger partial charge in [0, 0.05) is 17.4 Å². The maximum atomic E-state index is 6.38. The predicted octanol–water partition coefficient (Wildman–Crippen LogP) is 9.04. The second-order valence-electron chi connectivity index (χ2n) is 11.9. The standard InChI is InChI=1S/C39H47NO/c1-2-3-4-17-32-41-33-38(34-18-9-5-10-19-34)26-29-40(30-27-38)31-28-39(35-20-11-6-12-21-35,36-22-13-7-14-23-36)37-24-15-8-16-25-37/h5-16,18-25H,2-4,17,26-33H2,1H3. The van der Waals surface area contributed by atoms with Gasteiger partial charge in [0.2, 0.25) is 0 Å². The Labute approximate surface area is 248 Å². The van der Waals surface area contributed by atoms with E-state index in [0.29, 0.717) is 0 Å². The Morgan fingerprint density at radius 2 is 1.12 bits per heavy atom. The molecular weight excluding hydrogens is 498 g/mol. The first kappa shape index (κ1) is 29.3. The van der Waals surface area contributed by atoms with Gasteiger partial charge in [0.05, 0.1) is 6.61 Å². The minimum atomic E-state index is -0.195. The van der Waals surface area contributed by atoms with Gasteiger partial charge in [-0.2, -0.15) is 0 Å². The molecule has 1 aliphatic rings. The van der Waals surface area contributed by atoms with E-state index < -0.39 is 0 Å². The topological polar surface area (TPSA) is 12.5 Å². The first-order valence-corrected chi connectivity index (χ1v) is 15.8. The molecule has 4 aromatic carbocycles. The fourth-order valence-electron chi connectivity index (χ4n) is 6.84. The van der Waals surface area contributed by atoms with Crippen LogP contribution in [0.2, 0.25) is 0 Å². The van der Waals surface area contributed by atoms with Crippen molar-refractivity contribution < 1.29 is 4.74 Å². The minimum absolute atomic E-state index is 0.109. The fraction of sp³-hybridized carbons (Fsp3) is 0.385.